The van der Waals surface area contributed by atoms with Gasteiger partial charge in [-0.3, -0.25) is 4.79 Å². The molecule has 0 radical (unpaired) electrons. The molecule has 0 spiro atoms. The van der Waals surface area contributed by atoms with E-state index in [0.717, 1.165) is 6.20 Å². The Morgan fingerprint density at radius 2 is 2.31 bits per heavy atom. The molecule has 0 aliphatic rings. The van der Waals surface area contributed by atoms with Gasteiger partial charge in [0.1, 0.15) is 11.2 Å². The smallest absolute Gasteiger partial charge is 0.307 e. The van der Waals surface area contributed by atoms with Gasteiger partial charge in [-0.2, -0.15) is 5.26 Å². The van der Waals surface area contributed by atoms with Crippen LogP contribution in [0.4, 0.5) is 8.78 Å². The zero-order valence-electron chi connectivity index (χ0n) is 7.75. The quantitative estimate of drug-likeness (QED) is 0.830. The van der Waals surface area contributed by atoms with Crippen molar-refractivity contribution in [1.82, 2.24) is 4.98 Å². The van der Waals surface area contributed by atoms with Crippen LogP contribution in [-0.4, -0.2) is 16.1 Å². The molecule has 1 aromatic rings. The number of carboxylic acids is 1. The van der Waals surface area contributed by atoms with E-state index in [4.69, 9.17) is 22.0 Å². The van der Waals surface area contributed by atoms with E-state index in [0.29, 0.717) is 0 Å². The van der Waals surface area contributed by atoms with Crippen LogP contribution in [0.5, 0.6) is 0 Å². The van der Waals surface area contributed by atoms with Crippen LogP contribution in [0.15, 0.2) is 6.20 Å². The number of pyridine rings is 1. The topological polar surface area (TPSA) is 74.0 Å². The lowest BCUT2D eigenvalue weighted by atomic mass is 10.0. The molecule has 0 amide bonds. The molecule has 7 heteroatoms. The number of hydrogen-bond acceptors (Lipinski definition) is 3. The Morgan fingerprint density at radius 1 is 1.69 bits per heavy atom. The number of nitrogens with zero attached hydrogens (tertiary/aromatic N) is 2. The highest BCUT2D eigenvalue weighted by atomic mass is 35.5. The van der Waals surface area contributed by atoms with E-state index < -0.39 is 24.4 Å². The van der Waals surface area contributed by atoms with Crippen molar-refractivity contribution in [2.75, 3.05) is 0 Å². The molecule has 1 aromatic heterocycles. The first kappa shape index (κ1) is 12.3. The molecule has 0 unspecified atom stereocenters. The summed E-state index contributed by atoms with van der Waals surface area (Å²) in [4.78, 5) is 13.9. The third kappa shape index (κ3) is 2.44. The minimum absolute atomic E-state index is 0.275. The van der Waals surface area contributed by atoms with Crippen molar-refractivity contribution in [1.29, 1.82) is 5.26 Å². The number of nitriles is 1. The van der Waals surface area contributed by atoms with Gasteiger partial charge in [0.2, 0.25) is 0 Å². The lowest BCUT2D eigenvalue weighted by Crippen LogP contribution is -2.08. The maximum Gasteiger partial charge on any atom is 0.307 e. The molecule has 0 aliphatic heterocycles. The van der Waals surface area contributed by atoms with Crippen LogP contribution in [0.2, 0.25) is 5.15 Å². The number of hydrogen-bond donors (Lipinski definition) is 1. The number of rotatable bonds is 3. The number of carboxylic acid groups (broad SMARTS) is 1. The van der Waals surface area contributed by atoms with Gasteiger partial charge in [-0.05, 0) is 5.56 Å². The summed E-state index contributed by atoms with van der Waals surface area (Å²) in [7, 11) is 0. The maximum absolute atomic E-state index is 12.5. The number of halogens is 3. The van der Waals surface area contributed by atoms with Gasteiger partial charge in [-0.15, -0.1) is 0 Å². The molecular formula is C9H5ClF2N2O2. The zero-order chi connectivity index (χ0) is 12.3. The van der Waals surface area contributed by atoms with Crippen molar-refractivity contribution >= 4 is 17.6 Å². The van der Waals surface area contributed by atoms with Crippen LogP contribution < -0.4 is 0 Å². The van der Waals surface area contributed by atoms with Gasteiger partial charge >= 0.3 is 5.97 Å². The van der Waals surface area contributed by atoms with E-state index in [9.17, 15) is 13.6 Å². The second-order valence-electron chi connectivity index (χ2n) is 2.84. The van der Waals surface area contributed by atoms with E-state index in [2.05, 4.69) is 4.98 Å². The van der Waals surface area contributed by atoms with E-state index in [1.807, 2.05) is 0 Å². The minimum atomic E-state index is -2.90. The first-order valence-electron chi connectivity index (χ1n) is 4.04. The molecule has 16 heavy (non-hydrogen) atoms. The first-order chi connectivity index (χ1) is 7.47. The molecule has 0 bridgehead atoms. The standard InChI is InChI=1S/C9H5ClF2N2O2/c10-8-5(2-13)4(1-7(15)16)6(3-14-8)9(11)12/h3,9H,1H2,(H,15,16). The summed E-state index contributed by atoms with van der Waals surface area (Å²) in [5, 5.41) is 17.0. The highest BCUT2D eigenvalue weighted by Gasteiger charge is 2.21. The van der Waals surface area contributed by atoms with Crippen molar-refractivity contribution in [3.63, 3.8) is 0 Å². The average molecular weight is 247 g/mol. The third-order valence-electron chi connectivity index (χ3n) is 1.85. The normalized spacial score (nSPS) is 10.2. The highest BCUT2D eigenvalue weighted by molar-refractivity contribution is 6.30. The highest BCUT2D eigenvalue weighted by Crippen LogP contribution is 2.28. The van der Waals surface area contributed by atoms with Gasteiger partial charge in [0.25, 0.3) is 6.43 Å². The molecule has 4 nitrogen and oxygen atoms in total. The summed E-state index contributed by atoms with van der Waals surface area (Å²) in [6, 6.07) is 1.57. The van der Waals surface area contributed by atoms with Crippen molar-refractivity contribution in [3.05, 3.63) is 28.0 Å². The summed E-state index contributed by atoms with van der Waals surface area (Å²) in [5.74, 6) is -1.32. The predicted molar refractivity (Wildman–Crippen MR) is 50.3 cm³/mol. The molecule has 1 rings (SSSR count). The Balaban J connectivity index is 3.42. The van der Waals surface area contributed by atoms with Crippen molar-refractivity contribution < 1.29 is 18.7 Å². The zero-order valence-corrected chi connectivity index (χ0v) is 8.50. The Labute approximate surface area is 94.1 Å². The molecule has 84 valence electrons. The number of aliphatic carboxylic acids is 1. The van der Waals surface area contributed by atoms with E-state index in [-0.39, 0.29) is 16.3 Å². The van der Waals surface area contributed by atoms with Crippen molar-refractivity contribution in [2.24, 2.45) is 0 Å². The third-order valence-corrected chi connectivity index (χ3v) is 2.13. The molecule has 0 fully saturated rings. The number of aromatic nitrogens is 1. The predicted octanol–water partition coefficient (Wildman–Crippen LogP) is 2.17. The van der Waals surface area contributed by atoms with Gasteiger partial charge in [-0.1, -0.05) is 11.6 Å². The molecule has 0 saturated carbocycles. The van der Waals surface area contributed by atoms with Crippen molar-refractivity contribution in [3.8, 4) is 6.07 Å². The summed E-state index contributed by atoms with van der Waals surface area (Å²) >= 11 is 5.52. The van der Waals surface area contributed by atoms with Crippen LogP contribution >= 0.6 is 11.6 Å². The molecule has 0 saturated heterocycles. The van der Waals surface area contributed by atoms with Crippen LogP contribution in [0, 0.1) is 11.3 Å². The van der Waals surface area contributed by atoms with Crippen LogP contribution in [0.1, 0.15) is 23.1 Å². The van der Waals surface area contributed by atoms with Crippen LogP contribution in [-0.2, 0) is 11.2 Å². The maximum atomic E-state index is 12.5. The van der Waals surface area contributed by atoms with Crippen molar-refractivity contribution in [2.45, 2.75) is 12.8 Å². The fraction of sp³-hybridized carbons (Fsp3) is 0.222. The Bertz CT molecular complexity index is 471. The van der Waals surface area contributed by atoms with Gasteiger partial charge in [0.05, 0.1) is 12.0 Å². The Hall–Kier alpha value is -1.74. The molecule has 0 atom stereocenters. The Morgan fingerprint density at radius 3 is 2.75 bits per heavy atom. The summed E-state index contributed by atoms with van der Waals surface area (Å²) < 4.78 is 25.1. The Kier molecular flexibility index (Phi) is 3.74. The second-order valence-corrected chi connectivity index (χ2v) is 3.20. The van der Waals surface area contributed by atoms with E-state index in [1.165, 1.54) is 0 Å². The molecular weight excluding hydrogens is 242 g/mol. The summed E-state index contributed by atoms with van der Waals surface area (Å²) in [6.45, 7) is 0. The first-order valence-corrected chi connectivity index (χ1v) is 4.42. The minimum Gasteiger partial charge on any atom is -0.481 e. The van der Waals surface area contributed by atoms with E-state index in [1.54, 1.807) is 6.07 Å². The van der Waals surface area contributed by atoms with Gasteiger partial charge in [-0.25, -0.2) is 13.8 Å². The number of carbonyl (C=O) groups is 1. The summed E-state index contributed by atoms with van der Waals surface area (Å²) in [5.41, 5.74) is -1.18. The fourth-order valence-electron chi connectivity index (χ4n) is 1.18. The van der Waals surface area contributed by atoms with Crippen LogP contribution in [0.25, 0.3) is 0 Å². The second kappa shape index (κ2) is 4.86. The van der Waals surface area contributed by atoms with Gasteiger partial charge in [0, 0.05) is 11.8 Å². The van der Waals surface area contributed by atoms with E-state index >= 15 is 0 Å². The molecule has 0 aliphatic carbocycles. The average Bonchev–Trinajstić information content (AvgIpc) is 2.16. The summed E-state index contributed by atoms with van der Waals surface area (Å²) in [6.07, 6.45) is -2.80. The monoisotopic (exact) mass is 246 g/mol. The fourth-order valence-corrected chi connectivity index (χ4v) is 1.39. The molecule has 0 aromatic carbocycles. The largest absolute Gasteiger partial charge is 0.481 e. The van der Waals surface area contributed by atoms with Crippen LogP contribution in [0.3, 0.4) is 0 Å². The van der Waals surface area contributed by atoms with Gasteiger partial charge in [0.15, 0.2) is 0 Å². The number of alkyl halides is 2. The lowest BCUT2D eigenvalue weighted by molar-refractivity contribution is -0.136. The SMILES string of the molecule is N#Cc1c(Cl)ncc(C(F)F)c1CC(=O)O. The lowest BCUT2D eigenvalue weighted by Gasteiger charge is -2.08. The van der Waals surface area contributed by atoms with Gasteiger partial charge < -0.3 is 5.11 Å². The molecule has 1 heterocycles. The molecule has 1 N–H and O–H groups in total.